The Morgan fingerprint density at radius 3 is 2.40 bits per heavy atom. The Kier molecular flexibility index (Phi) is 5.09. The zero-order chi connectivity index (χ0) is 17.6. The van der Waals surface area contributed by atoms with Crippen LogP contribution < -0.4 is 10.3 Å². The maximum atomic E-state index is 12.3. The number of amides is 1. The fraction of sp³-hybridized carbons (Fsp3) is 0.211. The smallest absolute Gasteiger partial charge is 0.325 e. The number of carbonyl (C=O) groups is 2. The number of carbonyl (C=O) groups excluding carboxylic acids is 2. The molecule has 0 unspecified atom stereocenters. The third kappa shape index (κ3) is 3.85. The van der Waals surface area contributed by atoms with Crippen LogP contribution in [0.25, 0.3) is 0 Å². The normalized spacial score (nSPS) is 16.3. The van der Waals surface area contributed by atoms with Crippen molar-refractivity contribution in [2.24, 2.45) is 5.10 Å². The van der Waals surface area contributed by atoms with Gasteiger partial charge in [0, 0.05) is 6.42 Å². The predicted octanol–water partition coefficient (Wildman–Crippen LogP) is 2.28. The molecule has 0 spiro atoms. The first-order chi connectivity index (χ1) is 12.2. The molecule has 0 fully saturated rings. The van der Waals surface area contributed by atoms with Gasteiger partial charge < -0.3 is 10.1 Å². The lowest BCUT2D eigenvalue weighted by molar-refractivity contribution is -0.140. The molecule has 6 heteroatoms. The van der Waals surface area contributed by atoms with Crippen LogP contribution in [0, 0.1) is 0 Å². The molecule has 25 heavy (non-hydrogen) atoms. The standard InChI is InChI=1S/C19H19N3O3/c1-25-18(23)13-20-19(24)16-12-17(14-8-4-2-5-9-14)22(21-16)15-10-6-3-7-11-15/h2-11,17H,12-13H2,1H3,(H,20,24)/t17-/m1/s1. The average Bonchev–Trinajstić information content (AvgIpc) is 3.12. The Balaban J connectivity index is 1.84. The largest absolute Gasteiger partial charge is 0.468 e. The van der Waals surface area contributed by atoms with E-state index in [1.54, 1.807) is 0 Å². The van der Waals surface area contributed by atoms with Crippen molar-refractivity contribution in [2.75, 3.05) is 18.7 Å². The summed E-state index contributed by atoms with van der Waals surface area (Å²) in [5.41, 5.74) is 2.37. The van der Waals surface area contributed by atoms with Crippen molar-refractivity contribution in [3.63, 3.8) is 0 Å². The van der Waals surface area contributed by atoms with Crippen LogP contribution in [0.1, 0.15) is 18.0 Å². The van der Waals surface area contributed by atoms with Gasteiger partial charge in [-0.25, -0.2) is 0 Å². The summed E-state index contributed by atoms with van der Waals surface area (Å²) in [5.74, 6) is -0.851. The lowest BCUT2D eigenvalue weighted by Crippen LogP contribution is -2.34. The van der Waals surface area contributed by atoms with Crippen molar-refractivity contribution in [1.82, 2.24) is 5.32 Å². The third-order valence-corrected chi connectivity index (χ3v) is 4.00. The van der Waals surface area contributed by atoms with Crippen LogP contribution in [-0.2, 0) is 14.3 Å². The number of hydrogen-bond acceptors (Lipinski definition) is 5. The van der Waals surface area contributed by atoms with Crippen molar-refractivity contribution in [3.8, 4) is 0 Å². The molecule has 0 bridgehead atoms. The number of para-hydroxylation sites is 1. The molecule has 1 heterocycles. The molecule has 2 aromatic carbocycles. The summed E-state index contributed by atoms with van der Waals surface area (Å²) in [6.07, 6.45) is 0.464. The number of nitrogens with zero attached hydrogens (tertiary/aromatic N) is 2. The van der Waals surface area contributed by atoms with Crippen LogP contribution in [0.3, 0.4) is 0 Å². The van der Waals surface area contributed by atoms with Gasteiger partial charge in [0.25, 0.3) is 5.91 Å². The van der Waals surface area contributed by atoms with E-state index in [9.17, 15) is 9.59 Å². The molecule has 1 N–H and O–H groups in total. The molecule has 1 amide bonds. The summed E-state index contributed by atoms with van der Waals surface area (Å²) in [7, 11) is 1.28. The number of hydrogen-bond donors (Lipinski definition) is 1. The number of hydrazone groups is 1. The Hall–Kier alpha value is -3.15. The fourth-order valence-electron chi connectivity index (χ4n) is 2.73. The van der Waals surface area contributed by atoms with E-state index < -0.39 is 5.97 Å². The third-order valence-electron chi connectivity index (χ3n) is 4.00. The molecule has 2 aromatic rings. The highest BCUT2D eigenvalue weighted by atomic mass is 16.5. The van der Waals surface area contributed by atoms with E-state index in [1.807, 2.05) is 65.7 Å². The second-order valence-corrected chi connectivity index (χ2v) is 5.62. The van der Waals surface area contributed by atoms with Gasteiger partial charge in [-0.05, 0) is 17.7 Å². The maximum Gasteiger partial charge on any atom is 0.325 e. The first kappa shape index (κ1) is 16.7. The van der Waals surface area contributed by atoms with Crippen LogP contribution in [0.2, 0.25) is 0 Å². The fourth-order valence-corrected chi connectivity index (χ4v) is 2.73. The molecule has 6 nitrogen and oxygen atoms in total. The lowest BCUT2D eigenvalue weighted by atomic mass is 10.0. The number of methoxy groups -OCH3 is 1. The summed E-state index contributed by atoms with van der Waals surface area (Å²) < 4.78 is 4.54. The van der Waals surface area contributed by atoms with Crippen molar-refractivity contribution in [1.29, 1.82) is 0 Å². The molecule has 0 radical (unpaired) electrons. The average molecular weight is 337 g/mol. The van der Waals surface area contributed by atoms with Crippen LogP contribution in [0.5, 0.6) is 0 Å². The van der Waals surface area contributed by atoms with Crippen molar-refractivity contribution in [2.45, 2.75) is 12.5 Å². The molecule has 128 valence electrons. The summed E-state index contributed by atoms with van der Waals surface area (Å²) in [5, 5.41) is 8.90. The van der Waals surface area contributed by atoms with Gasteiger partial charge >= 0.3 is 5.97 Å². The van der Waals surface area contributed by atoms with Crippen molar-refractivity contribution < 1.29 is 14.3 Å². The van der Waals surface area contributed by atoms with Gasteiger partial charge in [0.05, 0.1) is 18.8 Å². The molecule has 1 aliphatic heterocycles. The molecule has 3 rings (SSSR count). The highest BCUT2D eigenvalue weighted by Crippen LogP contribution is 2.34. The second kappa shape index (κ2) is 7.61. The Bertz CT molecular complexity index is 775. The Morgan fingerprint density at radius 2 is 1.76 bits per heavy atom. The molecule has 0 aliphatic carbocycles. The van der Waals surface area contributed by atoms with Crippen molar-refractivity contribution >= 4 is 23.3 Å². The number of ether oxygens (including phenoxy) is 1. The summed E-state index contributed by atoms with van der Waals surface area (Å²) in [6.45, 7) is -0.171. The van der Waals surface area contributed by atoms with E-state index >= 15 is 0 Å². The molecular formula is C19H19N3O3. The van der Waals surface area contributed by atoms with E-state index in [2.05, 4.69) is 15.2 Å². The van der Waals surface area contributed by atoms with Gasteiger partial charge in [-0.2, -0.15) is 5.10 Å². The number of benzene rings is 2. The molecule has 0 saturated heterocycles. The SMILES string of the molecule is COC(=O)CNC(=O)C1=NN(c2ccccc2)[C@@H](c2ccccc2)C1. The summed E-state index contributed by atoms with van der Waals surface area (Å²) in [4.78, 5) is 23.6. The van der Waals surface area contributed by atoms with Gasteiger partial charge in [-0.3, -0.25) is 14.6 Å². The van der Waals surface area contributed by atoms with Gasteiger partial charge in [0.15, 0.2) is 0 Å². The molecule has 0 saturated carbocycles. The zero-order valence-corrected chi connectivity index (χ0v) is 13.9. The quantitative estimate of drug-likeness (QED) is 0.850. The topological polar surface area (TPSA) is 71.0 Å². The maximum absolute atomic E-state index is 12.3. The van der Waals surface area contributed by atoms with Gasteiger partial charge in [0.1, 0.15) is 12.3 Å². The Labute approximate surface area is 146 Å². The lowest BCUT2D eigenvalue weighted by Gasteiger charge is -2.23. The number of nitrogens with one attached hydrogen (secondary N) is 1. The number of anilines is 1. The minimum atomic E-state index is -0.494. The summed E-state index contributed by atoms with van der Waals surface area (Å²) in [6, 6.07) is 19.6. The first-order valence-electron chi connectivity index (χ1n) is 8.00. The highest BCUT2D eigenvalue weighted by Gasteiger charge is 2.32. The van der Waals surface area contributed by atoms with E-state index in [-0.39, 0.29) is 18.5 Å². The summed E-state index contributed by atoms with van der Waals surface area (Å²) >= 11 is 0. The number of esters is 1. The van der Waals surface area contributed by atoms with E-state index in [4.69, 9.17) is 0 Å². The second-order valence-electron chi connectivity index (χ2n) is 5.62. The van der Waals surface area contributed by atoms with Gasteiger partial charge in [0.2, 0.25) is 0 Å². The van der Waals surface area contributed by atoms with E-state index in [0.29, 0.717) is 12.1 Å². The van der Waals surface area contributed by atoms with Crippen LogP contribution in [0.15, 0.2) is 65.8 Å². The monoisotopic (exact) mass is 337 g/mol. The zero-order valence-electron chi connectivity index (χ0n) is 13.9. The minimum Gasteiger partial charge on any atom is -0.468 e. The molecule has 1 atom stereocenters. The minimum absolute atomic E-state index is 0.0672. The van der Waals surface area contributed by atoms with Gasteiger partial charge in [-0.1, -0.05) is 48.5 Å². The van der Waals surface area contributed by atoms with Crippen molar-refractivity contribution in [3.05, 3.63) is 66.2 Å². The van der Waals surface area contributed by atoms with Gasteiger partial charge in [-0.15, -0.1) is 0 Å². The Morgan fingerprint density at radius 1 is 1.12 bits per heavy atom. The van der Waals surface area contributed by atoms with Crippen LogP contribution in [-0.4, -0.2) is 31.2 Å². The first-order valence-corrected chi connectivity index (χ1v) is 8.00. The molecule has 1 aliphatic rings. The van der Waals surface area contributed by atoms with Crippen LogP contribution in [0.4, 0.5) is 5.69 Å². The van der Waals surface area contributed by atoms with E-state index in [1.165, 1.54) is 7.11 Å². The molecular weight excluding hydrogens is 318 g/mol. The highest BCUT2D eigenvalue weighted by molar-refractivity contribution is 6.40. The van der Waals surface area contributed by atoms with Crippen LogP contribution >= 0.6 is 0 Å². The van der Waals surface area contributed by atoms with E-state index in [0.717, 1.165) is 11.3 Å². The predicted molar refractivity (Wildman–Crippen MR) is 95.2 cm³/mol. The molecule has 0 aromatic heterocycles. The number of rotatable bonds is 5.